The highest BCUT2D eigenvalue weighted by atomic mass is 35.5. The number of amides is 1. The Labute approximate surface area is 110 Å². The average Bonchev–Trinajstić information content (AvgIpc) is 2.77. The molecule has 0 aromatic carbocycles. The molecule has 90 valence electrons. The van der Waals surface area contributed by atoms with Gasteiger partial charge in [0.1, 0.15) is 0 Å². The van der Waals surface area contributed by atoms with Crippen LogP contribution in [0.25, 0.3) is 0 Å². The van der Waals surface area contributed by atoms with Gasteiger partial charge in [0.25, 0.3) is 5.91 Å². The van der Waals surface area contributed by atoms with Gasteiger partial charge in [0.2, 0.25) is 0 Å². The van der Waals surface area contributed by atoms with Gasteiger partial charge in [0.15, 0.2) is 0 Å². The number of nitrogens with one attached hydrogen (secondary N) is 1. The molecular formula is C11H15Cl2NOS. The van der Waals surface area contributed by atoms with Gasteiger partial charge in [-0.05, 0) is 25.5 Å². The van der Waals surface area contributed by atoms with Crippen LogP contribution >= 0.6 is 34.5 Å². The molecule has 1 N–H and O–H groups in total. The first-order chi connectivity index (χ1) is 7.54. The lowest BCUT2D eigenvalue weighted by atomic mass is 10.1. The average molecular weight is 280 g/mol. The zero-order chi connectivity index (χ0) is 12.2. The summed E-state index contributed by atoms with van der Waals surface area (Å²) >= 11 is 13.1. The van der Waals surface area contributed by atoms with Crippen LogP contribution in [0.5, 0.6) is 0 Å². The molecule has 0 aliphatic carbocycles. The van der Waals surface area contributed by atoms with Gasteiger partial charge in [-0.2, -0.15) is 0 Å². The summed E-state index contributed by atoms with van der Waals surface area (Å²) in [6.45, 7) is 3.90. The van der Waals surface area contributed by atoms with Gasteiger partial charge < -0.3 is 5.32 Å². The Hall–Kier alpha value is -0.250. The van der Waals surface area contributed by atoms with E-state index >= 15 is 0 Å². The molecular weight excluding hydrogens is 265 g/mol. The Balaban J connectivity index is 2.71. The smallest absolute Gasteiger partial charge is 0.261 e. The van der Waals surface area contributed by atoms with Gasteiger partial charge in [-0.3, -0.25) is 4.79 Å². The molecule has 0 saturated carbocycles. The number of halogens is 2. The van der Waals surface area contributed by atoms with Crippen LogP contribution in [0.3, 0.4) is 0 Å². The summed E-state index contributed by atoms with van der Waals surface area (Å²) in [7, 11) is 0. The summed E-state index contributed by atoms with van der Waals surface area (Å²) < 4.78 is 0. The maximum Gasteiger partial charge on any atom is 0.261 e. The molecule has 1 rings (SSSR count). The summed E-state index contributed by atoms with van der Waals surface area (Å²) in [5.41, 5.74) is -0.545. The van der Waals surface area contributed by atoms with Crippen molar-refractivity contribution in [3.8, 4) is 0 Å². The van der Waals surface area contributed by atoms with Crippen LogP contribution in [0.15, 0.2) is 12.1 Å². The van der Waals surface area contributed by atoms with Crippen molar-refractivity contribution < 1.29 is 4.79 Å². The van der Waals surface area contributed by atoms with Crippen molar-refractivity contribution in [1.29, 1.82) is 0 Å². The number of aryl methyl sites for hydroxylation is 1. The third kappa shape index (κ3) is 3.37. The van der Waals surface area contributed by atoms with E-state index in [1.807, 2.05) is 19.1 Å². The highest BCUT2D eigenvalue weighted by Crippen LogP contribution is 2.18. The minimum atomic E-state index is -0.545. The van der Waals surface area contributed by atoms with E-state index in [1.165, 1.54) is 16.2 Å². The molecule has 5 heteroatoms. The summed E-state index contributed by atoms with van der Waals surface area (Å²) in [5.74, 6) is 0.496. The van der Waals surface area contributed by atoms with Gasteiger partial charge in [-0.15, -0.1) is 34.5 Å². The lowest BCUT2D eigenvalue weighted by molar-refractivity contribution is 0.0925. The van der Waals surface area contributed by atoms with E-state index in [0.717, 1.165) is 6.42 Å². The first-order valence-electron chi connectivity index (χ1n) is 5.08. The molecule has 0 radical (unpaired) electrons. The highest BCUT2D eigenvalue weighted by Gasteiger charge is 2.25. The van der Waals surface area contributed by atoms with E-state index in [1.54, 1.807) is 0 Å². The van der Waals surface area contributed by atoms with E-state index in [9.17, 15) is 4.79 Å². The van der Waals surface area contributed by atoms with E-state index in [-0.39, 0.29) is 5.91 Å². The van der Waals surface area contributed by atoms with Crippen molar-refractivity contribution in [2.45, 2.75) is 25.8 Å². The standard InChI is InChI=1S/C11H15Cl2NOS/c1-3-8-4-5-9(16-8)10(15)14-11(2,6-12)7-13/h4-5H,3,6-7H2,1-2H3,(H,14,15). The fourth-order valence-corrected chi connectivity index (χ4v) is 2.39. The molecule has 1 amide bonds. The zero-order valence-corrected chi connectivity index (χ0v) is 11.7. The summed E-state index contributed by atoms with van der Waals surface area (Å²) in [5, 5.41) is 2.85. The maximum absolute atomic E-state index is 11.9. The fourth-order valence-electron chi connectivity index (χ4n) is 1.13. The SMILES string of the molecule is CCc1ccc(C(=O)NC(C)(CCl)CCl)s1. The monoisotopic (exact) mass is 279 g/mol. The van der Waals surface area contributed by atoms with Gasteiger partial charge in [-0.1, -0.05) is 6.92 Å². The minimum absolute atomic E-state index is 0.103. The molecule has 0 aliphatic rings. The zero-order valence-electron chi connectivity index (χ0n) is 9.35. The second-order valence-corrected chi connectivity index (χ2v) is 5.60. The largest absolute Gasteiger partial charge is 0.344 e. The highest BCUT2D eigenvalue weighted by molar-refractivity contribution is 7.14. The third-order valence-corrected chi connectivity index (χ3v) is 4.65. The molecule has 0 aliphatic heterocycles. The van der Waals surface area contributed by atoms with Crippen molar-refractivity contribution in [2.24, 2.45) is 0 Å². The topological polar surface area (TPSA) is 29.1 Å². The first-order valence-corrected chi connectivity index (χ1v) is 6.96. The van der Waals surface area contributed by atoms with Crippen molar-refractivity contribution in [3.63, 3.8) is 0 Å². The van der Waals surface area contributed by atoms with Crippen LogP contribution in [-0.2, 0) is 6.42 Å². The van der Waals surface area contributed by atoms with Crippen LogP contribution in [-0.4, -0.2) is 23.2 Å². The predicted octanol–water partition coefficient (Wildman–Crippen LogP) is 3.28. The normalized spacial score (nSPS) is 11.5. The number of hydrogen-bond acceptors (Lipinski definition) is 2. The number of carbonyl (C=O) groups excluding carboxylic acids is 1. The lowest BCUT2D eigenvalue weighted by Crippen LogP contribution is -2.49. The number of alkyl halides is 2. The Morgan fingerprint density at radius 1 is 1.44 bits per heavy atom. The number of carbonyl (C=O) groups is 1. The fraction of sp³-hybridized carbons (Fsp3) is 0.545. The second kappa shape index (κ2) is 5.89. The molecule has 0 bridgehead atoms. The molecule has 0 unspecified atom stereocenters. The number of hydrogen-bond donors (Lipinski definition) is 1. The van der Waals surface area contributed by atoms with Crippen LogP contribution in [0, 0.1) is 0 Å². The molecule has 16 heavy (non-hydrogen) atoms. The van der Waals surface area contributed by atoms with E-state index < -0.39 is 5.54 Å². The molecule has 0 fully saturated rings. The summed E-state index contributed by atoms with van der Waals surface area (Å²) in [6.07, 6.45) is 0.945. The molecule has 0 saturated heterocycles. The molecule has 2 nitrogen and oxygen atoms in total. The molecule has 0 spiro atoms. The van der Waals surface area contributed by atoms with Crippen LogP contribution in [0.4, 0.5) is 0 Å². The molecule has 0 atom stereocenters. The maximum atomic E-state index is 11.9. The van der Waals surface area contributed by atoms with Crippen LogP contribution < -0.4 is 5.32 Å². The third-order valence-electron chi connectivity index (χ3n) is 2.24. The Bertz CT molecular complexity index is 361. The molecule has 1 heterocycles. The molecule has 1 aromatic rings. The van der Waals surface area contributed by atoms with E-state index in [0.29, 0.717) is 16.6 Å². The number of rotatable bonds is 5. The number of thiophene rings is 1. The van der Waals surface area contributed by atoms with Crippen LogP contribution in [0.1, 0.15) is 28.4 Å². The Morgan fingerprint density at radius 3 is 2.50 bits per heavy atom. The van der Waals surface area contributed by atoms with Crippen molar-refractivity contribution in [3.05, 3.63) is 21.9 Å². The lowest BCUT2D eigenvalue weighted by Gasteiger charge is -2.25. The summed E-state index contributed by atoms with van der Waals surface area (Å²) in [6, 6.07) is 3.81. The van der Waals surface area contributed by atoms with Gasteiger partial charge in [0, 0.05) is 16.6 Å². The van der Waals surface area contributed by atoms with Gasteiger partial charge in [-0.25, -0.2) is 0 Å². The van der Waals surface area contributed by atoms with Gasteiger partial charge >= 0.3 is 0 Å². The summed E-state index contributed by atoms with van der Waals surface area (Å²) in [4.78, 5) is 13.8. The van der Waals surface area contributed by atoms with Gasteiger partial charge in [0.05, 0.1) is 10.4 Å². The predicted molar refractivity (Wildman–Crippen MR) is 71.0 cm³/mol. The first kappa shape index (κ1) is 13.8. The van der Waals surface area contributed by atoms with Crippen molar-refractivity contribution in [2.75, 3.05) is 11.8 Å². The van der Waals surface area contributed by atoms with E-state index in [2.05, 4.69) is 12.2 Å². The van der Waals surface area contributed by atoms with Crippen LogP contribution in [0.2, 0.25) is 0 Å². The second-order valence-electron chi connectivity index (χ2n) is 3.90. The Kier molecular flexibility index (Phi) is 5.09. The quantitative estimate of drug-likeness (QED) is 0.824. The minimum Gasteiger partial charge on any atom is -0.344 e. The van der Waals surface area contributed by atoms with E-state index in [4.69, 9.17) is 23.2 Å². The Morgan fingerprint density at radius 2 is 2.06 bits per heavy atom. The van der Waals surface area contributed by atoms with Crippen molar-refractivity contribution in [1.82, 2.24) is 5.32 Å². The molecule has 1 aromatic heterocycles. The van der Waals surface area contributed by atoms with Crippen molar-refractivity contribution >= 4 is 40.4 Å².